The number of carboxylic acid groups (broad SMARTS) is 1. The Bertz CT molecular complexity index is 395. The van der Waals surface area contributed by atoms with Gasteiger partial charge in [-0.25, -0.2) is 4.79 Å². The summed E-state index contributed by atoms with van der Waals surface area (Å²) in [4.78, 5) is 12.0. The predicted molar refractivity (Wildman–Crippen MR) is 77.8 cm³/mol. The third-order valence-corrected chi connectivity index (χ3v) is 4.28. The molecule has 92 valence electrons. The van der Waals surface area contributed by atoms with Crippen molar-refractivity contribution in [1.29, 1.82) is 0 Å². The third-order valence-electron chi connectivity index (χ3n) is 1.69. The molecule has 0 aliphatic carbocycles. The summed E-state index contributed by atoms with van der Waals surface area (Å²) in [7, 11) is 3.28. The topological polar surface area (TPSA) is 75.3 Å². The van der Waals surface area contributed by atoms with Gasteiger partial charge in [0.15, 0.2) is 0 Å². The number of hydrogen-bond acceptors (Lipinski definition) is 4. The first kappa shape index (κ1) is 14.1. The van der Waals surface area contributed by atoms with Crippen molar-refractivity contribution in [3.63, 3.8) is 0 Å². The quantitative estimate of drug-likeness (QED) is 0.424. The highest BCUT2D eigenvalue weighted by atomic mass is 33.1. The molecule has 0 saturated heterocycles. The summed E-state index contributed by atoms with van der Waals surface area (Å²) in [6, 6.07) is 7.18. The summed E-state index contributed by atoms with van der Waals surface area (Å²) >= 11 is 4.77. The molecule has 0 bridgehead atoms. The average molecular weight is 288 g/mol. The number of amides is 1. The lowest BCUT2D eigenvalue weighted by Crippen LogP contribution is -2.07. The van der Waals surface area contributed by atoms with Crippen LogP contribution in [0.5, 0.6) is 0 Å². The molecule has 17 heavy (non-hydrogen) atoms. The Morgan fingerprint density at radius 3 is 2.59 bits per heavy atom. The van der Waals surface area contributed by atoms with Gasteiger partial charge in [0, 0.05) is 22.8 Å². The molecule has 0 heterocycles. The number of nitrogens with two attached hydrogens (primary N) is 1. The molecule has 7 heteroatoms. The van der Waals surface area contributed by atoms with E-state index in [2.05, 4.69) is 5.32 Å². The zero-order valence-electron chi connectivity index (χ0n) is 8.88. The monoisotopic (exact) mass is 288 g/mol. The Morgan fingerprint density at radius 1 is 1.41 bits per heavy atom. The molecule has 0 radical (unpaired) electrons. The predicted octanol–water partition coefficient (Wildman–Crippen LogP) is 3.19. The van der Waals surface area contributed by atoms with Gasteiger partial charge in [-0.1, -0.05) is 33.8 Å². The van der Waals surface area contributed by atoms with Gasteiger partial charge >= 0.3 is 6.09 Å². The molecule has 1 rings (SSSR count). The normalized spacial score (nSPS) is 9.88. The fourth-order valence-electron chi connectivity index (χ4n) is 0.969. The number of hydrogen-bond donors (Lipinski definition) is 3. The second kappa shape index (κ2) is 7.41. The fraction of sp³-hybridized carbons (Fsp3) is 0.200. The second-order valence-electron chi connectivity index (χ2n) is 3.08. The minimum atomic E-state index is -1.06. The minimum Gasteiger partial charge on any atom is -0.465 e. The molecule has 1 amide bonds. The van der Waals surface area contributed by atoms with Crippen LogP contribution in [-0.4, -0.2) is 21.9 Å². The van der Waals surface area contributed by atoms with E-state index < -0.39 is 6.09 Å². The van der Waals surface area contributed by atoms with Crippen molar-refractivity contribution in [3.05, 3.63) is 24.3 Å². The van der Waals surface area contributed by atoms with Gasteiger partial charge < -0.3 is 10.8 Å². The van der Waals surface area contributed by atoms with Crippen LogP contribution in [0.15, 0.2) is 29.2 Å². The van der Waals surface area contributed by atoms with E-state index in [1.807, 2.05) is 12.1 Å². The Kier molecular flexibility index (Phi) is 6.17. The molecule has 0 fully saturated rings. The van der Waals surface area contributed by atoms with Crippen molar-refractivity contribution in [2.75, 3.05) is 11.1 Å². The van der Waals surface area contributed by atoms with E-state index in [4.69, 9.17) is 23.1 Å². The smallest absolute Gasteiger partial charge is 0.409 e. The molecule has 1 aromatic rings. The van der Waals surface area contributed by atoms with Crippen molar-refractivity contribution < 1.29 is 9.90 Å². The summed E-state index contributed by atoms with van der Waals surface area (Å²) in [6.45, 7) is 0. The van der Waals surface area contributed by atoms with Gasteiger partial charge in [-0.2, -0.15) is 0 Å². The van der Waals surface area contributed by atoms with Crippen LogP contribution in [0.3, 0.4) is 0 Å². The Hall–Kier alpha value is -0.920. The summed E-state index contributed by atoms with van der Waals surface area (Å²) in [5.41, 5.74) is 5.95. The number of nitrogens with one attached hydrogen (secondary N) is 1. The Balaban J connectivity index is 2.35. The zero-order valence-corrected chi connectivity index (χ0v) is 11.3. The van der Waals surface area contributed by atoms with E-state index >= 15 is 0 Å². The van der Waals surface area contributed by atoms with Crippen LogP contribution in [0.2, 0.25) is 0 Å². The van der Waals surface area contributed by atoms with E-state index in [1.165, 1.54) is 0 Å². The minimum absolute atomic E-state index is 0.527. The Labute approximate surface area is 113 Å². The maximum atomic E-state index is 10.4. The van der Waals surface area contributed by atoms with E-state index in [0.29, 0.717) is 10.7 Å². The number of anilines is 1. The highest BCUT2D eigenvalue weighted by molar-refractivity contribution is 8.76. The lowest BCUT2D eigenvalue weighted by Gasteiger charge is -2.03. The number of carbonyl (C=O) groups is 1. The molecule has 4 N–H and O–H groups in total. The number of thiocarbonyl (C=S) groups is 1. The van der Waals surface area contributed by atoms with E-state index in [9.17, 15) is 4.79 Å². The molecule has 0 saturated carbocycles. The molecule has 0 aliphatic heterocycles. The zero-order chi connectivity index (χ0) is 12.7. The summed E-state index contributed by atoms with van der Waals surface area (Å²) in [6.07, 6.45) is -0.331. The molecule has 0 spiro atoms. The first-order valence-corrected chi connectivity index (χ1v) is 7.48. The van der Waals surface area contributed by atoms with Crippen LogP contribution < -0.4 is 11.1 Å². The van der Waals surface area contributed by atoms with Crippen molar-refractivity contribution in [1.82, 2.24) is 0 Å². The molecule has 0 aliphatic rings. The van der Waals surface area contributed by atoms with Crippen LogP contribution in [0, 0.1) is 0 Å². The molecule has 4 nitrogen and oxygen atoms in total. The van der Waals surface area contributed by atoms with Crippen LogP contribution >= 0.6 is 33.8 Å². The maximum Gasteiger partial charge on any atom is 0.409 e. The summed E-state index contributed by atoms with van der Waals surface area (Å²) < 4.78 is 0. The molecule has 0 aromatic heterocycles. The highest BCUT2D eigenvalue weighted by Gasteiger charge is 1.99. The van der Waals surface area contributed by atoms with E-state index in [1.54, 1.807) is 33.7 Å². The molecule has 1 aromatic carbocycles. The number of rotatable bonds is 6. The summed E-state index contributed by atoms with van der Waals surface area (Å²) in [5, 5.41) is 10.8. The molecular weight excluding hydrogens is 276 g/mol. The van der Waals surface area contributed by atoms with Crippen molar-refractivity contribution in [3.8, 4) is 0 Å². The largest absolute Gasteiger partial charge is 0.465 e. The van der Waals surface area contributed by atoms with Crippen LogP contribution in [-0.2, 0) is 0 Å². The fourth-order valence-corrected chi connectivity index (χ4v) is 3.21. The van der Waals surface area contributed by atoms with Gasteiger partial charge in [0.05, 0.1) is 4.99 Å². The van der Waals surface area contributed by atoms with Crippen LogP contribution in [0.4, 0.5) is 10.5 Å². The number of benzene rings is 1. The average Bonchev–Trinajstić information content (AvgIpc) is 2.25. The first-order chi connectivity index (χ1) is 8.08. The van der Waals surface area contributed by atoms with Crippen molar-refractivity contribution in [2.24, 2.45) is 5.73 Å². The van der Waals surface area contributed by atoms with E-state index in [-0.39, 0.29) is 0 Å². The van der Waals surface area contributed by atoms with Crippen LogP contribution in [0.1, 0.15) is 6.42 Å². The first-order valence-electron chi connectivity index (χ1n) is 4.75. The molecular formula is C10H12N2O2S3. The van der Waals surface area contributed by atoms with E-state index in [0.717, 1.165) is 17.1 Å². The lowest BCUT2D eigenvalue weighted by molar-refractivity contribution is 0.210. The SMILES string of the molecule is NC(=S)CCSSc1ccc(NC(=O)O)cc1. The van der Waals surface area contributed by atoms with Gasteiger partial charge in [-0.3, -0.25) is 5.32 Å². The second-order valence-corrected chi connectivity index (χ2v) is 6.09. The molecule has 0 unspecified atom stereocenters. The van der Waals surface area contributed by atoms with Crippen LogP contribution in [0.25, 0.3) is 0 Å². The van der Waals surface area contributed by atoms with Crippen molar-refractivity contribution >= 4 is 50.6 Å². The Morgan fingerprint density at radius 2 is 2.06 bits per heavy atom. The van der Waals surface area contributed by atoms with Gasteiger partial charge in [0.1, 0.15) is 0 Å². The molecule has 0 atom stereocenters. The lowest BCUT2D eigenvalue weighted by atomic mass is 10.3. The summed E-state index contributed by atoms with van der Waals surface area (Å²) in [5.74, 6) is 0.870. The standard InChI is InChI=1S/C10H12N2O2S3/c11-9(15)5-6-16-17-8-3-1-7(2-4-8)12-10(13)14/h1-4,12H,5-6H2,(H2,11,15)(H,13,14). The van der Waals surface area contributed by atoms with Gasteiger partial charge in [-0.15, -0.1) is 0 Å². The van der Waals surface area contributed by atoms with Gasteiger partial charge in [-0.05, 0) is 24.3 Å². The highest BCUT2D eigenvalue weighted by Crippen LogP contribution is 2.31. The maximum absolute atomic E-state index is 10.4. The third kappa shape index (κ3) is 6.40. The van der Waals surface area contributed by atoms with Gasteiger partial charge in [0.25, 0.3) is 0 Å². The van der Waals surface area contributed by atoms with Gasteiger partial charge in [0.2, 0.25) is 0 Å². The van der Waals surface area contributed by atoms with Crippen molar-refractivity contribution in [2.45, 2.75) is 11.3 Å².